The Hall–Kier alpha value is -0.0800. The van der Waals surface area contributed by atoms with Crippen molar-refractivity contribution >= 4 is 0 Å². The van der Waals surface area contributed by atoms with Crippen molar-refractivity contribution < 1.29 is 4.84 Å². The molecule has 1 N–H and O–H groups in total. The maximum Gasteiger partial charge on any atom is 0.0679 e. The van der Waals surface area contributed by atoms with E-state index >= 15 is 0 Å². The molecule has 0 aromatic rings. The van der Waals surface area contributed by atoms with Crippen molar-refractivity contribution in [2.45, 2.75) is 20.8 Å². The summed E-state index contributed by atoms with van der Waals surface area (Å²) in [4.78, 5) is 4.73. The summed E-state index contributed by atoms with van der Waals surface area (Å²) in [6.07, 6.45) is 1.07. The van der Waals surface area contributed by atoms with Crippen molar-refractivity contribution in [1.29, 1.82) is 0 Å². The molecular weight excluding hydrogens is 90.1 g/mol. The lowest BCUT2D eigenvalue weighted by atomic mass is 10.5. The van der Waals surface area contributed by atoms with Crippen molar-refractivity contribution in [3.05, 3.63) is 0 Å². The van der Waals surface area contributed by atoms with Gasteiger partial charge in [0.15, 0.2) is 0 Å². The molecule has 0 radical (unpaired) electrons. The zero-order valence-corrected chi connectivity index (χ0v) is 4.32. The summed E-state index contributed by atoms with van der Waals surface area (Å²) >= 11 is 0. The van der Waals surface area contributed by atoms with Gasteiger partial charge in [-0.05, 0) is 6.42 Å². The number of rotatable bonds is 3. The molecule has 0 aliphatic heterocycles. The van der Waals surface area contributed by atoms with Gasteiger partial charge in [0.05, 0.1) is 6.61 Å². The molecule has 0 fully saturated rings. The molecule has 0 rings (SSSR count). The monoisotopic (exact) mass is 105 g/mol. The Kier molecular flexibility index (Phi) is 13.3. The number of hydrogen-bond acceptors (Lipinski definition) is 2. The zero-order valence-electron chi connectivity index (χ0n) is 4.32. The second kappa shape index (κ2) is 9.33. The zero-order chi connectivity index (χ0) is 4.83. The third-order valence-electron chi connectivity index (χ3n) is 0.451. The quantitative estimate of drug-likeness (QED) is 0.430. The van der Waals surface area contributed by atoms with Crippen LogP contribution in [0.25, 0.3) is 0 Å². The van der Waals surface area contributed by atoms with E-state index in [9.17, 15) is 0 Å². The second-order valence-electron chi connectivity index (χ2n) is 1.05. The van der Waals surface area contributed by atoms with E-state index in [0.717, 1.165) is 13.0 Å². The number of hydrogen-bond donors (Lipinski definition) is 1. The molecule has 0 atom stereocenters. The van der Waals surface area contributed by atoms with Crippen molar-refractivity contribution in [1.82, 2.24) is 5.48 Å². The van der Waals surface area contributed by atoms with Gasteiger partial charge >= 0.3 is 0 Å². The smallest absolute Gasteiger partial charge is 0.0679 e. The fourth-order valence-electron chi connectivity index (χ4n) is 0.204. The van der Waals surface area contributed by atoms with Crippen molar-refractivity contribution in [2.24, 2.45) is 0 Å². The minimum atomic E-state index is 0. The molecule has 0 bridgehead atoms. The Labute approximate surface area is 45.8 Å². The first kappa shape index (κ1) is 10.0. The average Bonchev–Trinajstić information content (AvgIpc) is 1.61. The lowest BCUT2D eigenvalue weighted by Gasteiger charge is -1.93. The van der Waals surface area contributed by atoms with Gasteiger partial charge in [-0.25, -0.2) is 5.48 Å². The van der Waals surface area contributed by atoms with E-state index in [2.05, 4.69) is 12.4 Å². The van der Waals surface area contributed by atoms with Crippen LogP contribution in [-0.2, 0) is 4.84 Å². The van der Waals surface area contributed by atoms with Crippen LogP contribution in [0.5, 0.6) is 0 Å². The number of nitrogens with one attached hydrogen (secondary N) is 1. The molecule has 46 valence electrons. The fourth-order valence-corrected chi connectivity index (χ4v) is 0.204. The molecule has 0 saturated heterocycles. The highest BCUT2D eigenvalue weighted by atomic mass is 16.6. The van der Waals surface area contributed by atoms with Crippen LogP contribution < -0.4 is 5.48 Å². The van der Waals surface area contributed by atoms with Crippen molar-refractivity contribution in [3.63, 3.8) is 0 Å². The van der Waals surface area contributed by atoms with Crippen LogP contribution in [0.2, 0.25) is 0 Å². The van der Waals surface area contributed by atoms with Gasteiger partial charge in [-0.3, -0.25) is 0 Å². The summed E-state index contributed by atoms with van der Waals surface area (Å²) in [6, 6.07) is 0. The Morgan fingerprint density at radius 3 is 2.29 bits per heavy atom. The van der Waals surface area contributed by atoms with Crippen LogP contribution in [0.1, 0.15) is 20.8 Å². The fraction of sp³-hybridized carbons (Fsp3) is 1.00. The first-order valence-electron chi connectivity index (χ1n) is 2.20. The minimum Gasteiger partial charge on any atom is -0.302 e. The van der Waals surface area contributed by atoms with E-state index in [1.54, 1.807) is 7.05 Å². The van der Waals surface area contributed by atoms with Gasteiger partial charge in [-0.2, -0.15) is 0 Å². The van der Waals surface area contributed by atoms with Gasteiger partial charge in [0.25, 0.3) is 0 Å². The third kappa shape index (κ3) is 10.7. The van der Waals surface area contributed by atoms with Crippen LogP contribution in [0.4, 0.5) is 0 Å². The lowest BCUT2D eigenvalue weighted by Crippen LogP contribution is -2.06. The molecule has 0 unspecified atom stereocenters. The lowest BCUT2D eigenvalue weighted by molar-refractivity contribution is 0.0585. The molecule has 0 heterocycles. The summed E-state index contributed by atoms with van der Waals surface area (Å²) in [7, 11) is 1.76. The van der Waals surface area contributed by atoms with Gasteiger partial charge in [-0.1, -0.05) is 14.4 Å². The standard InChI is InChI=1S/C4H11NO.CH4/c1-3-4-6-5-2;/h5H,3-4H2,1-2H3;1H4. The molecule has 2 nitrogen and oxygen atoms in total. The first-order chi connectivity index (χ1) is 2.91. The summed E-state index contributed by atoms with van der Waals surface area (Å²) in [5, 5.41) is 0. The van der Waals surface area contributed by atoms with Crippen LogP contribution in [0.15, 0.2) is 0 Å². The molecule has 0 aliphatic carbocycles. The van der Waals surface area contributed by atoms with Crippen LogP contribution >= 0.6 is 0 Å². The number of hydroxylamine groups is 1. The van der Waals surface area contributed by atoms with E-state index in [-0.39, 0.29) is 7.43 Å². The Balaban J connectivity index is 0. The van der Waals surface area contributed by atoms with Crippen LogP contribution in [0.3, 0.4) is 0 Å². The van der Waals surface area contributed by atoms with Gasteiger partial charge in [0, 0.05) is 7.05 Å². The maximum absolute atomic E-state index is 4.73. The van der Waals surface area contributed by atoms with Crippen LogP contribution in [-0.4, -0.2) is 13.7 Å². The molecule has 0 aromatic carbocycles. The average molecular weight is 105 g/mol. The predicted octanol–water partition coefficient (Wildman–Crippen LogP) is 1.18. The molecule has 0 aliphatic rings. The summed E-state index contributed by atoms with van der Waals surface area (Å²) in [5.74, 6) is 0. The Bertz CT molecular complexity index is 20.0. The minimum absolute atomic E-state index is 0. The van der Waals surface area contributed by atoms with Gasteiger partial charge in [0.2, 0.25) is 0 Å². The predicted molar refractivity (Wildman–Crippen MR) is 32.0 cm³/mol. The summed E-state index contributed by atoms with van der Waals surface area (Å²) in [5.41, 5.74) is 2.57. The van der Waals surface area contributed by atoms with Gasteiger partial charge in [-0.15, -0.1) is 0 Å². The largest absolute Gasteiger partial charge is 0.302 e. The molecule has 7 heavy (non-hydrogen) atoms. The Morgan fingerprint density at radius 1 is 1.57 bits per heavy atom. The highest BCUT2D eigenvalue weighted by Crippen LogP contribution is 1.70. The maximum atomic E-state index is 4.73. The van der Waals surface area contributed by atoms with Crippen molar-refractivity contribution in [2.75, 3.05) is 13.7 Å². The SMILES string of the molecule is C.CCCONC. The highest BCUT2D eigenvalue weighted by Gasteiger charge is 1.71. The van der Waals surface area contributed by atoms with E-state index in [1.165, 1.54) is 0 Å². The third-order valence-corrected chi connectivity index (χ3v) is 0.451. The molecule has 0 aromatic heterocycles. The van der Waals surface area contributed by atoms with E-state index in [0.29, 0.717) is 0 Å². The summed E-state index contributed by atoms with van der Waals surface area (Å²) < 4.78 is 0. The first-order valence-corrected chi connectivity index (χ1v) is 2.20. The van der Waals surface area contributed by atoms with Gasteiger partial charge < -0.3 is 4.84 Å². The van der Waals surface area contributed by atoms with E-state index in [4.69, 9.17) is 4.84 Å². The second-order valence-corrected chi connectivity index (χ2v) is 1.05. The summed E-state index contributed by atoms with van der Waals surface area (Å²) in [6.45, 7) is 2.87. The Morgan fingerprint density at radius 2 is 2.14 bits per heavy atom. The van der Waals surface area contributed by atoms with Crippen LogP contribution in [0, 0.1) is 0 Å². The molecule has 2 heteroatoms. The van der Waals surface area contributed by atoms with E-state index < -0.39 is 0 Å². The molecule has 0 spiro atoms. The topological polar surface area (TPSA) is 21.3 Å². The van der Waals surface area contributed by atoms with Gasteiger partial charge in [0.1, 0.15) is 0 Å². The molecule has 0 saturated carbocycles. The van der Waals surface area contributed by atoms with Crippen molar-refractivity contribution in [3.8, 4) is 0 Å². The molecular formula is C5H15NO. The normalized spacial score (nSPS) is 7.71. The molecule has 0 amide bonds. The highest BCUT2D eigenvalue weighted by molar-refractivity contribution is 4.15. The van der Waals surface area contributed by atoms with E-state index in [1.807, 2.05) is 0 Å².